The van der Waals surface area contributed by atoms with Crippen molar-refractivity contribution in [2.24, 2.45) is 5.92 Å². The molecule has 3 heteroatoms. The van der Waals surface area contributed by atoms with Gasteiger partial charge in [0.1, 0.15) is 5.75 Å². The Labute approximate surface area is 116 Å². The molecule has 1 heterocycles. The predicted octanol–water partition coefficient (Wildman–Crippen LogP) is 3.16. The molecule has 1 aromatic rings. The van der Waals surface area contributed by atoms with Crippen LogP contribution in [0.15, 0.2) is 24.3 Å². The van der Waals surface area contributed by atoms with Gasteiger partial charge in [0.2, 0.25) is 0 Å². The van der Waals surface area contributed by atoms with Gasteiger partial charge in [0, 0.05) is 24.8 Å². The third kappa shape index (κ3) is 4.22. The first kappa shape index (κ1) is 14.4. The minimum atomic E-state index is 0.325. The number of hydrogen-bond donors (Lipinski definition) is 1. The van der Waals surface area contributed by atoms with Crippen molar-refractivity contribution < 1.29 is 9.47 Å². The van der Waals surface area contributed by atoms with Gasteiger partial charge in [-0.05, 0) is 45.2 Å². The lowest BCUT2D eigenvalue weighted by atomic mass is 9.99. The van der Waals surface area contributed by atoms with Crippen molar-refractivity contribution in [3.05, 3.63) is 29.8 Å². The monoisotopic (exact) mass is 263 g/mol. The molecule has 0 aliphatic carbocycles. The topological polar surface area (TPSA) is 30.5 Å². The third-order valence-electron chi connectivity index (χ3n) is 3.74. The Bertz CT molecular complexity index is 375. The molecule has 1 aromatic carbocycles. The quantitative estimate of drug-likeness (QED) is 0.855. The van der Waals surface area contributed by atoms with Crippen molar-refractivity contribution >= 4 is 0 Å². The number of ether oxygens (including phenoxy) is 2. The molecule has 0 saturated carbocycles. The van der Waals surface area contributed by atoms with Crippen LogP contribution in [0.2, 0.25) is 0 Å². The van der Waals surface area contributed by atoms with E-state index in [1.807, 2.05) is 19.1 Å². The van der Waals surface area contributed by atoms with E-state index in [1.165, 1.54) is 18.4 Å². The Morgan fingerprint density at radius 3 is 2.79 bits per heavy atom. The van der Waals surface area contributed by atoms with Crippen LogP contribution in [-0.4, -0.2) is 26.4 Å². The maximum atomic E-state index is 5.69. The zero-order chi connectivity index (χ0) is 13.5. The molecule has 0 aromatic heterocycles. The van der Waals surface area contributed by atoms with Gasteiger partial charge in [-0.15, -0.1) is 0 Å². The maximum Gasteiger partial charge on any atom is 0.124 e. The van der Waals surface area contributed by atoms with Crippen LogP contribution in [0.4, 0.5) is 0 Å². The van der Waals surface area contributed by atoms with Gasteiger partial charge >= 0.3 is 0 Å². The van der Waals surface area contributed by atoms with Crippen molar-refractivity contribution in [2.45, 2.75) is 32.7 Å². The number of nitrogens with one attached hydrogen (secondary N) is 1. The molecule has 0 bridgehead atoms. The molecule has 19 heavy (non-hydrogen) atoms. The summed E-state index contributed by atoms with van der Waals surface area (Å²) >= 11 is 0. The van der Waals surface area contributed by atoms with Crippen LogP contribution < -0.4 is 10.1 Å². The van der Waals surface area contributed by atoms with E-state index in [1.54, 1.807) is 0 Å². The molecule has 106 valence electrons. The van der Waals surface area contributed by atoms with Gasteiger partial charge in [-0.1, -0.05) is 18.2 Å². The Hall–Kier alpha value is -1.06. The van der Waals surface area contributed by atoms with Crippen LogP contribution in [-0.2, 0) is 4.74 Å². The van der Waals surface area contributed by atoms with Gasteiger partial charge in [0.25, 0.3) is 0 Å². The highest BCUT2D eigenvalue weighted by atomic mass is 16.5. The second kappa shape index (κ2) is 7.51. The van der Waals surface area contributed by atoms with Gasteiger partial charge in [0.15, 0.2) is 0 Å². The van der Waals surface area contributed by atoms with E-state index >= 15 is 0 Å². The molecule has 3 nitrogen and oxygen atoms in total. The lowest BCUT2D eigenvalue weighted by Gasteiger charge is -2.25. The van der Waals surface area contributed by atoms with Crippen LogP contribution in [0.1, 0.15) is 38.3 Å². The Morgan fingerprint density at radius 2 is 2.05 bits per heavy atom. The highest BCUT2D eigenvalue weighted by Gasteiger charge is 2.16. The van der Waals surface area contributed by atoms with E-state index in [0.29, 0.717) is 12.6 Å². The number of hydrogen-bond acceptors (Lipinski definition) is 3. The first-order valence-corrected chi connectivity index (χ1v) is 7.34. The van der Waals surface area contributed by atoms with E-state index in [0.717, 1.165) is 31.4 Å². The summed E-state index contributed by atoms with van der Waals surface area (Å²) in [4.78, 5) is 0. The molecule has 0 amide bonds. The predicted molar refractivity (Wildman–Crippen MR) is 77.6 cm³/mol. The van der Waals surface area contributed by atoms with Crippen molar-refractivity contribution in [3.63, 3.8) is 0 Å². The second-order valence-electron chi connectivity index (χ2n) is 5.16. The minimum Gasteiger partial charge on any atom is -0.494 e. The summed E-state index contributed by atoms with van der Waals surface area (Å²) in [5, 5.41) is 3.63. The average molecular weight is 263 g/mol. The molecule has 0 radical (unpaired) electrons. The maximum absolute atomic E-state index is 5.69. The van der Waals surface area contributed by atoms with E-state index in [2.05, 4.69) is 24.4 Å². The number of para-hydroxylation sites is 1. The molecule has 1 aliphatic heterocycles. The lowest BCUT2D eigenvalue weighted by molar-refractivity contribution is 0.0656. The number of rotatable bonds is 6. The molecular formula is C16H25NO2. The Kier molecular flexibility index (Phi) is 5.67. The SMILES string of the molecule is CCOc1ccccc1C(C)NCC1CCOCC1. The highest BCUT2D eigenvalue weighted by molar-refractivity contribution is 5.35. The van der Waals surface area contributed by atoms with Gasteiger partial charge in [0.05, 0.1) is 6.61 Å². The summed E-state index contributed by atoms with van der Waals surface area (Å²) in [5.74, 6) is 1.74. The summed E-state index contributed by atoms with van der Waals surface area (Å²) in [6, 6.07) is 8.62. The van der Waals surface area contributed by atoms with Crippen LogP contribution in [0.5, 0.6) is 5.75 Å². The third-order valence-corrected chi connectivity index (χ3v) is 3.74. The molecule has 1 atom stereocenters. The zero-order valence-electron chi connectivity index (χ0n) is 12.0. The standard InChI is InChI=1S/C16H25NO2/c1-3-19-16-7-5-4-6-15(16)13(2)17-12-14-8-10-18-11-9-14/h4-7,13-14,17H,3,8-12H2,1-2H3. The zero-order valence-corrected chi connectivity index (χ0v) is 12.0. The van der Waals surface area contributed by atoms with Crippen LogP contribution in [0, 0.1) is 5.92 Å². The van der Waals surface area contributed by atoms with E-state index < -0.39 is 0 Å². The van der Waals surface area contributed by atoms with Crippen LogP contribution in [0.25, 0.3) is 0 Å². The first-order chi connectivity index (χ1) is 9.31. The second-order valence-corrected chi connectivity index (χ2v) is 5.16. The van der Waals surface area contributed by atoms with Gasteiger partial charge in [-0.2, -0.15) is 0 Å². The van der Waals surface area contributed by atoms with E-state index in [-0.39, 0.29) is 0 Å². The normalized spacial score (nSPS) is 18.2. The summed E-state index contributed by atoms with van der Waals surface area (Å²) in [7, 11) is 0. The van der Waals surface area contributed by atoms with Gasteiger partial charge in [-0.25, -0.2) is 0 Å². The molecule has 1 saturated heterocycles. The summed E-state index contributed by atoms with van der Waals surface area (Å²) in [5.41, 5.74) is 1.25. The molecule has 0 spiro atoms. The molecule has 1 unspecified atom stereocenters. The van der Waals surface area contributed by atoms with Gasteiger partial charge in [-0.3, -0.25) is 0 Å². The van der Waals surface area contributed by atoms with Gasteiger partial charge < -0.3 is 14.8 Å². The van der Waals surface area contributed by atoms with Crippen LogP contribution >= 0.6 is 0 Å². The summed E-state index contributed by atoms with van der Waals surface area (Å²) in [6.07, 6.45) is 2.35. The fraction of sp³-hybridized carbons (Fsp3) is 0.625. The Morgan fingerprint density at radius 1 is 1.32 bits per heavy atom. The first-order valence-electron chi connectivity index (χ1n) is 7.34. The van der Waals surface area contributed by atoms with E-state index in [4.69, 9.17) is 9.47 Å². The van der Waals surface area contributed by atoms with Crippen molar-refractivity contribution in [3.8, 4) is 5.75 Å². The molecule has 1 N–H and O–H groups in total. The largest absolute Gasteiger partial charge is 0.494 e. The minimum absolute atomic E-state index is 0.325. The molecule has 2 rings (SSSR count). The highest BCUT2D eigenvalue weighted by Crippen LogP contribution is 2.25. The fourth-order valence-corrected chi connectivity index (χ4v) is 2.53. The van der Waals surface area contributed by atoms with E-state index in [9.17, 15) is 0 Å². The lowest BCUT2D eigenvalue weighted by Crippen LogP contribution is -2.29. The van der Waals surface area contributed by atoms with Crippen molar-refractivity contribution in [2.75, 3.05) is 26.4 Å². The summed E-state index contributed by atoms with van der Waals surface area (Å²) < 4.78 is 11.1. The molecule has 1 fully saturated rings. The smallest absolute Gasteiger partial charge is 0.124 e. The van der Waals surface area contributed by atoms with Crippen molar-refractivity contribution in [1.29, 1.82) is 0 Å². The fourth-order valence-electron chi connectivity index (χ4n) is 2.53. The summed E-state index contributed by atoms with van der Waals surface area (Å²) in [6.45, 7) is 7.83. The average Bonchev–Trinajstić information content (AvgIpc) is 2.47. The molecule has 1 aliphatic rings. The molecular weight excluding hydrogens is 238 g/mol. The number of benzene rings is 1. The van der Waals surface area contributed by atoms with Crippen LogP contribution in [0.3, 0.4) is 0 Å². The van der Waals surface area contributed by atoms with Crippen molar-refractivity contribution in [1.82, 2.24) is 5.32 Å². The Balaban J connectivity index is 1.89.